The van der Waals surface area contributed by atoms with Crippen molar-refractivity contribution in [2.45, 2.75) is 52.0 Å². The molecule has 0 rings (SSSR count). The first kappa shape index (κ1) is 15.4. The standard InChI is InChI=1S/C10H21NO4S/c1-3-4-8-16(14,15)11-9(2)6-5-7-10(12)13/h9,11H,3-8H2,1-2H3,(H,12,13). The number of carboxylic acids is 1. The van der Waals surface area contributed by atoms with Crippen molar-refractivity contribution in [1.82, 2.24) is 4.72 Å². The molecule has 0 spiro atoms. The fraction of sp³-hybridized carbons (Fsp3) is 0.900. The highest BCUT2D eigenvalue weighted by molar-refractivity contribution is 7.89. The lowest BCUT2D eigenvalue weighted by molar-refractivity contribution is -0.137. The highest BCUT2D eigenvalue weighted by atomic mass is 32.2. The highest BCUT2D eigenvalue weighted by Crippen LogP contribution is 2.03. The van der Waals surface area contributed by atoms with Gasteiger partial charge in [0.25, 0.3) is 0 Å². The molecular weight excluding hydrogens is 230 g/mol. The van der Waals surface area contributed by atoms with Crippen molar-refractivity contribution in [3.05, 3.63) is 0 Å². The van der Waals surface area contributed by atoms with E-state index in [0.29, 0.717) is 19.3 Å². The summed E-state index contributed by atoms with van der Waals surface area (Å²) in [6.07, 6.45) is 2.62. The van der Waals surface area contributed by atoms with Crippen molar-refractivity contribution >= 4 is 16.0 Å². The molecule has 0 fully saturated rings. The summed E-state index contributed by atoms with van der Waals surface area (Å²) in [5.74, 6) is -0.701. The molecule has 2 N–H and O–H groups in total. The zero-order chi connectivity index (χ0) is 12.6. The van der Waals surface area contributed by atoms with Crippen LogP contribution in [0.1, 0.15) is 46.0 Å². The molecular formula is C10H21NO4S. The van der Waals surface area contributed by atoms with Gasteiger partial charge in [-0.15, -0.1) is 0 Å². The van der Waals surface area contributed by atoms with Crippen LogP contribution < -0.4 is 4.72 Å². The number of rotatable bonds is 9. The zero-order valence-electron chi connectivity index (χ0n) is 9.90. The van der Waals surface area contributed by atoms with E-state index in [1.54, 1.807) is 6.92 Å². The lowest BCUT2D eigenvalue weighted by Gasteiger charge is -2.13. The van der Waals surface area contributed by atoms with Crippen molar-refractivity contribution < 1.29 is 18.3 Å². The second kappa shape index (κ2) is 7.62. The molecule has 0 aliphatic heterocycles. The minimum Gasteiger partial charge on any atom is -0.481 e. The monoisotopic (exact) mass is 251 g/mol. The maximum absolute atomic E-state index is 11.5. The number of carbonyl (C=O) groups is 1. The zero-order valence-corrected chi connectivity index (χ0v) is 10.7. The molecule has 0 aromatic rings. The summed E-state index contributed by atoms with van der Waals surface area (Å²) in [4.78, 5) is 10.3. The van der Waals surface area contributed by atoms with Gasteiger partial charge in [0.05, 0.1) is 5.75 Å². The van der Waals surface area contributed by atoms with Gasteiger partial charge in [-0.2, -0.15) is 0 Å². The summed E-state index contributed by atoms with van der Waals surface area (Å²) in [5.41, 5.74) is 0. The van der Waals surface area contributed by atoms with Gasteiger partial charge in [-0.3, -0.25) is 4.79 Å². The molecule has 16 heavy (non-hydrogen) atoms. The Morgan fingerprint density at radius 1 is 1.38 bits per heavy atom. The predicted octanol–water partition coefficient (Wildman–Crippen LogP) is 1.35. The van der Waals surface area contributed by atoms with Crippen molar-refractivity contribution in [1.29, 1.82) is 0 Å². The molecule has 0 aromatic heterocycles. The lowest BCUT2D eigenvalue weighted by atomic mass is 10.1. The summed E-state index contributed by atoms with van der Waals surface area (Å²) in [7, 11) is -3.19. The van der Waals surface area contributed by atoms with Gasteiger partial charge in [-0.25, -0.2) is 13.1 Å². The Bertz CT molecular complexity index is 300. The van der Waals surface area contributed by atoms with Crippen LogP contribution in [0.25, 0.3) is 0 Å². The molecule has 0 saturated carbocycles. The number of nitrogens with one attached hydrogen (secondary N) is 1. The molecule has 0 radical (unpaired) electrons. The minimum absolute atomic E-state index is 0.0844. The van der Waals surface area contributed by atoms with Crippen LogP contribution in [0.4, 0.5) is 0 Å². The Kier molecular flexibility index (Phi) is 7.33. The van der Waals surface area contributed by atoms with Gasteiger partial charge in [0.2, 0.25) is 10.0 Å². The van der Waals surface area contributed by atoms with E-state index in [1.165, 1.54) is 0 Å². The van der Waals surface area contributed by atoms with E-state index in [9.17, 15) is 13.2 Å². The Hall–Kier alpha value is -0.620. The summed E-state index contributed by atoms with van der Waals surface area (Å²) >= 11 is 0. The van der Waals surface area contributed by atoms with Crippen molar-refractivity contribution in [3.63, 3.8) is 0 Å². The molecule has 0 aliphatic rings. The maximum Gasteiger partial charge on any atom is 0.303 e. The average Bonchev–Trinajstić information content (AvgIpc) is 2.13. The summed E-state index contributed by atoms with van der Waals surface area (Å²) < 4.78 is 25.5. The maximum atomic E-state index is 11.5. The first-order chi connectivity index (χ1) is 7.37. The third kappa shape index (κ3) is 8.67. The van der Waals surface area contributed by atoms with Gasteiger partial charge >= 0.3 is 5.97 Å². The molecule has 0 aliphatic carbocycles. The first-order valence-electron chi connectivity index (χ1n) is 5.59. The number of carboxylic acid groups (broad SMARTS) is 1. The largest absolute Gasteiger partial charge is 0.481 e. The fourth-order valence-electron chi connectivity index (χ4n) is 1.32. The van der Waals surface area contributed by atoms with Crippen LogP contribution in [0.15, 0.2) is 0 Å². The van der Waals surface area contributed by atoms with E-state index in [0.717, 1.165) is 6.42 Å². The summed E-state index contributed by atoms with van der Waals surface area (Å²) in [5, 5.41) is 8.44. The van der Waals surface area contributed by atoms with E-state index >= 15 is 0 Å². The quantitative estimate of drug-likeness (QED) is 0.648. The first-order valence-corrected chi connectivity index (χ1v) is 7.24. The van der Waals surface area contributed by atoms with Gasteiger partial charge in [-0.05, 0) is 26.2 Å². The molecule has 5 nitrogen and oxygen atoms in total. The summed E-state index contributed by atoms with van der Waals surface area (Å²) in [6.45, 7) is 3.69. The van der Waals surface area contributed by atoms with Gasteiger partial charge in [0.1, 0.15) is 0 Å². The topological polar surface area (TPSA) is 83.5 Å². The fourth-order valence-corrected chi connectivity index (χ4v) is 2.84. The van der Waals surface area contributed by atoms with E-state index in [4.69, 9.17) is 5.11 Å². The highest BCUT2D eigenvalue weighted by Gasteiger charge is 2.13. The van der Waals surface area contributed by atoms with Crippen LogP contribution in [0, 0.1) is 0 Å². The van der Waals surface area contributed by atoms with Crippen molar-refractivity contribution in [3.8, 4) is 0 Å². The van der Waals surface area contributed by atoms with Crippen LogP contribution in [-0.4, -0.2) is 31.3 Å². The molecule has 0 amide bonds. The number of sulfonamides is 1. The van der Waals surface area contributed by atoms with Crippen LogP contribution in [-0.2, 0) is 14.8 Å². The average molecular weight is 251 g/mol. The Morgan fingerprint density at radius 2 is 2.00 bits per heavy atom. The van der Waals surface area contributed by atoms with Crippen LogP contribution >= 0.6 is 0 Å². The molecule has 96 valence electrons. The third-order valence-corrected chi connectivity index (χ3v) is 3.76. The third-order valence-electron chi connectivity index (χ3n) is 2.18. The normalized spacial score (nSPS) is 13.6. The molecule has 6 heteroatoms. The second-order valence-electron chi connectivity index (χ2n) is 3.98. The molecule has 1 unspecified atom stereocenters. The predicted molar refractivity (Wildman–Crippen MR) is 62.8 cm³/mol. The van der Waals surface area contributed by atoms with Crippen molar-refractivity contribution in [2.24, 2.45) is 0 Å². The molecule has 0 saturated heterocycles. The van der Waals surface area contributed by atoms with Crippen LogP contribution in [0.2, 0.25) is 0 Å². The van der Waals surface area contributed by atoms with E-state index in [-0.39, 0.29) is 18.2 Å². The Labute approximate surface area is 97.3 Å². The van der Waals surface area contributed by atoms with Crippen LogP contribution in [0.3, 0.4) is 0 Å². The summed E-state index contributed by atoms with van der Waals surface area (Å²) in [6, 6.07) is -0.193. The van der Waals surface area contributed by atoms with Gasteiger partial charge < -0.3 is 5.11 Å². The minimum atomic E-state index is -3.19. The Balaban J connectivity index is 3.85. The van der Waals surface area contributed by atoms with Crippen molar-refractivity contribution in [2.75, 3.05) is 5.75 Å². The van der Waals surface area contributed by atoms with Gasteiger partial charge in [0, 0.05) is 12.5 Å². The van der Waals surface area contributed by atoms with Gasteiger partial charge in [-0.1, -0.05) is 13.3 Å². The Morgan fingerprint density at radius 3 is 2.50 bits per heavy atom. The number of unbranched alkanes of at least 4 members (excludes halogenated alkanes) is 1. The van der Waals surface area contributed by atoms with Gasteiger partial charge in [0.15, 0.2) is 0 Å². The molecule has 0 heterocycles. The van der Waals surface area contributed by atoms with E-state index in [1.807, 2.05) is 6.92 Å². The number of hydrogen-bond acceptors (Lipinski definition) is 3. The van der Waals surface area contributed by atoms with Crippen LogP contribution in [0.5, 0.6) is 0 Å². The second-order valence-corrected chi connectivity index (χ2v) is 5.85. The lowest BCUT2D eigenvalue weighted by Crippen LogP contribution is -2.34. The van der Waals surface area contributed by atoms with E-state index < -0.39 is 16.0 Å². The SMILES string of the molecule is CCCCS(=O)(=O)NC(C)CCCC(=O)O. The molecule has 1 atom stereocenters. The number of aliphatic carboxylic acids is 1. The molecule has 0 aromatic carbocycles. The van der Waals surface area contributed by atoms with E-state index in [2.05, 4.69) is 4.72 Å². The number of hydrogen-bond donors (Lipinski definition) is 2. The smallest absolute Gasteiger partial charge is 0.303 e. The molecule has 0 bridgehead atoms.